The Kier molecular flexibility index (Phi) is 37.9. The first kappa shape index (κ1) is 37.5. The fraction of sp³-hybridized carbons (Fsp3) is 0.833. The van der Waals surface area contributed by atoms with Crippen LogP contribution in [0, 0.1) is 11.8 Å². The molecular weight excluding hydrogens is 374 g/mol. The van der Waals surface area contributed by atoms with Crippen LogP contribution >= 0.6 is 0 Å². The van der Waals surface area contributed by atoms with Crippen molar-refractivity contribution in [2.24, 2.45) is 16.8 Å². The Bertz CT molecular complexity index is 408. The quantitative estimate of drug-likeness (QED) is 0.269. The highest BCUT2D eigenvalue weighted by Gasteiger charge is 1.96. The van der Waals surface area contributed by atoms with E-state index in [-0.39, 0.29) is 0 Å². The molecule has 1 nitrogen and oxygen atoms in total. The molecule has 0 amide bonds. The van der Waals surface area contributed by atoms with Gasteiger partial charge in [0, 0.05) is 11.9 Å². The van der Waals surface area contributed by atoms with Crippen LogP contribution in [0.3, 0.4) is 0 Å². The molecule has 0 radical (unpaired) electrons. The highest BCUT2D eigenvalue weighted by atomic mass is 14.7. The van der Waals surface area contributed by atoms with Crippen molar-refractivity contribution in [3.8, 4) is 0 Å². The highest BCUT2D eigenvalue weighted by molar-refractivity contribution is 5.79. The smallest absolute Gasteiger partial charge is 0.0361 e. The number of nitrogens with zero attached hydrogens (tertiary/aromatic N) is 1. The van der Waals surface area contributed by atoms with Gasteiger partial charge in [0.2, 0.25) is 0 Å². The normalized spacial score (nSPS) is 12.8. The van der Waals surface area contributed by atoms with Gasteiger partial charge in [-0.25, -0.2) is 0 Å². The topological polar surface area (TPSA) is 12.4 Å². The molecule has 188 valence electrons. The predicted octanol–water partition coefficient (Wildman–Crippen LogP) is 11.6. The van der Waals surface area contributed by atoms with Crippen molar-refractivity contribution in [2.75, 3.05) is 0 Å². The summed E-state index contributed by atoms with van der Waals surface area (Å²) < 4.78 is 0. The van der Waals surface area contributed by atoms with E-state index in [4.69, 9.17) is 0 Å². The van der Waals surface area contributed by atoms with Crippen LogP contribution in [0.15, 0.2) is 27.9 Å². The molecule has 0 saturated heterocycles. The molecule has 0 aromatic rings. The second-order valence-electron chi connectivity index (χ2n) is 8.58. The summed E-state index contributed by atoms with van der Waals surface area (Å²) in [6.45, 7) is 28.3. The predicted molar refractivity (Wildman–Crippen MR) is 151 cm³/mol. The number of allylic oxidation sites excluding steroid dienone is 4. The van der Waals surface area contributed by atoms with Crippen molar-refractivity contribution in [2.45, 2.75) is 154 Å². The SMILES string of the molecule is CC.CCCC(C)CC.CCCC(C)CCC.C\C=C(/C=N/C(C)=C(\C)CC)CCC. The minimum absolute atomic E-state index is 0.949. The summed E-state index contributed by atoms with van der Waals surface area (Å²) in [7, 11) is 0. The van der Waals surface area contributed by atoms with Crippen molar-refractivity contribution in [3.05, 3.63) is 22.9 Å². The van der Waals surface area contributed by atoms with Crippen molar-refractivity contribution in [1.29, 1.82) is 0 Å². The number of rotatable bonds is 12. The third-order valence-electron chi connectivity index (χ3n) is 5.52. The van der Waals surface area contributed by atoms with Crippen molar-refractivity contribution in [3.63, 3.8) is 0 Å². The Morgan fingerprint density at radius 2 is 1.19 bits per heavy atom. The first-order valence-corrected chi connectivity index (χ1v) is 13.6. The van der Waals surface area contributed by atoms with E-state index in [9.17, 15) is 0 Å². The zero-order valence-corrected chi connectivity index (χ0v) is 24.3. The van der Waals surface area contributed by atoms with Crippen LogP contribution in [0.5, 0.6) is 0 Å². The van der Waals surface area contributed by atoms with E-state index in [1.54, 1.807) is 0 Å². The summed E-state index contributed by atoms with van der Waals surface area (Å²) in [5.74, 6) is 1.91. The van der Waals surface area contributed by atoms with Crippen LogP contribution in [-0.2, 0) is 0 Å². The monoisotopic (exact) mass is 437 g/mol. The van der Waals surface area contributed by atoms with Gasteiger partial charge in [-0.2, -0.15) is 0 Å². The lowest BCUT2D eigenvalue weighted by Crippen LogP contribution is -1.91. The second-order valence-corrected chi connectivity index (χ2v) is 8.58. The van der Waals surface area contributed by atoms with E-state index in [2.05, 4.69) is 87.2 Å². The van der Waals surface area contributed by atoms with Crippen molar-refractivity contribution in [1.82, 2.24) is 0 Å². The largest absolute Gasteiger partial charge is 0.261 e. The maximum absolute atomic E-state index is 4.47. The first-order valence-electron chi connectivity index (χ1n) is 13.6. The Labute approximate surface area is 200 Å². The molecule has 0 aromatic carbocycles. The molecule has 0 aromatic heterocycles. The van der Waals surface area contributed by atoms with Gasteiger partial charge in [-0.05, 0) is 51.0 Å². The molecule has 0 aliphatic heterocycles. The Morgan fingerprint density at radius 3 is 1.48 bits per heavy atom. The van der Waals surface area contributed by atoms with Gasteiger partial charge < -0.3 is 0 Å². The molecule has 0 saturated carbocycles. The Hall–Kier alpha value is -0.850. The molecule has 1 heteroatoms. The Morgan fingerprint density at radius 1 is 0.742 bits per heavy atom. The van der Waals surface area contributed by atoms with E-state index in [1.165, 1.54) is 62.5 Å². The summed E-state index contributed by atoms with van der Waals surface area (Å²) >= 11 is 0. The fourth-order valence-corrected chi connectivity index (χ4v) is 2.94. The number of aliphatic imine (C=N–C) groups is 1. The number of hydrogen-bond donors (Lipinski definition) is 0. The maximum atomic E-state index is 4.47. The standard InChI is InChI=1S/C13H23N.C8H18.C7H16.C2H6/c1-6-9-13(8-3)10-14-12(5)11(4)7-2;1-4-6-8(3)7-5-2;1-4-6-7(3)5-2;1-2/h8,10H,6-7,9H2,1-5H3;8H,4-7H2,1-3H3;7H,4-6H2,1-3H3;1-2H3/b12-11+,13-8-,14-10+;;;. The third kappa shape index (κ3) is 31.4. The Balaban J connectivity index is -0.000000183. The van der Waals surface area contributed by atoms with Gasteiger partial charge in [0.05, 0.1) is 0 Å². The summed E-state index contributed by atoms with van der Waals surface area (Å²) in [6, 6.07) is 0. The molecule has 0 N–H and O–H groups in total. The van der Waals surface area contributed by atoms with Crippen LogP contribution in [0.2, 0.25) is 0 Å². The van der Waals surface area contributed by atoms with Crippen molar-refractivity contribution >= 4 is 6.21 Å². The van der Waals surface area contributed by atoms with E-state index >= 15 is 0 Å². The lowest BCUT2D eigenvalue weighted by Gasteiger charge is -2.05. The average molecular weight is 438 g/mol. The molecule has 0 bridgehead atoms. The van der Waals surface area contributed by atoms with Gasteiger partial charge in [0.1, 0.15) is 0 Å². The first-order chi connectivity index (χ1) is 14.8. The van der Waals surface area contributed by atoms with Gasteiger partial charge in [0.25, 0.3) is 0 Å². The van der Waals surface area contributed by atoms with Crippen LogP contribution in [0.25, 0.3) is 0 Å². The second kappa shape index (κ2) is 31.3. The summed E-state index contributed by atoms with van der Waals surface area (Å²) in [6.07, 6.45) is 17.1. The molecule has 1 unspecified atom stereocenters. The van der Waals surface area contributed by atoms with Crippen LogP contribution in [-0.4, -0.2) is 6.21 Å². The van der Waals surface area contributed by atoms with E-state index < -0.39 is 0 Å². The van der Waals surface area contributed by atoms with Crippen LogP contribution in [0.1, 0.15) is 154 Å². The van der Waals surface area contributed by atoms with Gasteiger partial charge in [-0.3, -0.25) is 4.99 Å². The van der Waals surface area contributed by atoms with Crippen LogP contribution < -0.4 is 0 Å². The van der Waals surface area contributed by atoms with Gasteiger partial charge in [0.15, 0.2) is 0 Å². The average Bonchev–Trinajstić information content (AvgIpc) is 2.78. The van der Waals surface area contributed by atoms with E-state index in [0.29, 0.717) is 0 Å². The lowest BCUT2D eigenvalue weighted by molar-refractivity contribution is 0.480. The third-order valence-corrected chi connectivity index (χ3v) is 5.52. The van der Waals surface area contributed by atoms with Gasteiger partial charge in [-0.1, -0.05) is 132 Å². The molecule has 0 fully saturated rings. The van der Waals surface area contributed by atoms with Gasteiger partial charge >= 0.3 is 0 Å². The zero-order chi connectivity index (χ0) is 25.1. The minimum atomic E-state index is 0.949. The number of hydrogen-bond acceptors (Lipinski definition) is 1. The zero-order valence-electron chi connectivity index (χ0n) is 24.3. The fourth-order valence-electron chi connectivity index (χ4n) is 2.94. The van der Waals surface area contributed by atoms with E-state index in [0.717, 1.165) is 30.4 Å². The minimum Gasteiger partial charge on any atom is -0.261 e. The van der Waals surface area contributed by atoms with Crippen LogP contribution in [0.4, 0.5) is 0 Å². The van der Waals surface area contributed by atoms with Crippen molar-refractivity contribution < 1.29 is 0 Å². The molecule has 31 heavy (non-hydrogen) atoms. The maximum Gasteiger partial charge on any atom is 0.0361 e. The molecule has 0 spiro atoms. The summed E-state index contributed by atoms with van der Waals surface area (Å²) in [4.78, 5) is 4.47. The molecule has 0 aliphatic carbocycles. The molecule has 0 aliphatic rings. The highest BCUT2D eigenvalue weighted by Crippen LogP contribution is 2.11. The van der Waals surface area contributed by atoms with E-state index in [1.807, 2.05) is 20.1 Å². The summed E-state index contributed by atoms with van der Waals surface area (Å²) in [5, 5.41) is 0. The molecular formula is C30H63N. The summed E-state index contributed by atoms with van der Waals surface area (Å²) in [5.41, 5.74) is 3.85. The van der Waals surface area contributed by atoms with Gasteiger partial charge in [-0.15, -0.1) is 0 Å². The lowest BCUT2D eigenvalue weighted by atomic mass is 10.0. The molecule has 0 heterocycles. The molecule has 1 atom stereocenters. The molecule has 0 rings (SSSR count).